The normalized spacial score (nSPS) is 10.2. The summed E-state index contributed by atoms with van der Waals surface area (Å²) in [6, 6.07) is 13.2. The summed E-state index contributed by atoms with van der Waals surface area (Å²) in [5, 5.41) is 2.77. The molecule has 2 aromatic carbocycles. The first kappa shape index (κ1) is 18.4. The molecule has 0 fully saturated rings. The molecule has 2 amide bonds. The number of rotatable bonds is 7. The number of benzene rings is 2. The molecule has 0 aliphatic carbocycles. The molecule has 0 saturated carbocycles. The molecule has 0 unspecified atom stereocenters. The average Bonchev–Trinajstić information content (AvgIpc) is 2.60. The third kappa shape index (κ3) is 5.31. The van der Waals surface area contributed by atoms with Crippen molar-refractivity contribution >= 4 is 17.5 Å². The molecule has 0 aliphatic heterocycles. The van der Waals surface area contributed by atoms with E-state index in [1.165, 1.54) is 30.0 Å². The van der Waals surface area contributed by atoms with Gasteiger partial charge in [-0.3, -0.25) is 9.59 Å². The van der Waals surface area contributed by atoms with Gasteiger partial charge in [-0.05, 0) is 36.2 Å². The van der Waals surface area contributed by atoms with Crippen LogP contribution in [0.3, 0.4) is 0 Å². The Morgan fingerprint density at radius 3 is 2.60 bits per heavy atom. The van der Waals surface area contributed by atoms with Crippen molar-refractivity contribution in [3.63, 3.8) is 0 Å². The monoisotopic (exact) mass is 344 g/mol. The van der Waals surface area contributed by atoms with Crippen LogP contribution < -0.4 is 15.0 Å². The maximum absolute atomic E-state index is 13.3. The molecule has 0 saturated heterocycles. The fourth-order valence-electron chi connectivity index (χ4n) is 2.47. The lowest BCUT2D eigenvalue weighted by molar-refractivity contribution is -0.123. The second-order valence-electron chi connectivity index (χ2n) is 5.50. The number of nitrogens with zero attached hydrogens (tertiary/aromatic N) is 1. The number of halogens is 1. The van der Waals surface area contributed by atoms with Crippen molar-refractivity contribution in [1.82, 2.24) is 5.32 Å². The highest BCUT2D eigenvalue weighted by Crippen LogP contribution is 2.17. The molecular formula is C19H21FN2O3. The van der Waals surface area contributed by atoms with Crippen molar-refractivity contribution in [1.29, 1.82) is 0 Å². The molecule has 0 spiro atoms. The first-order valence-electron chi connectivity index (χ1n) is 7.93. The van der Waals surface area contributed by atoms with Crippen LogP contribution in [0.1, 0.15) is 12.5 Å². The number of nitrogens with one attached hydrogen (secondary N) is 1. The number of hydrogen-bond donors (Lipinski definition) is 1. The van der Waals surface area contributed by atoms with Crippen LogP contribution in [0.5, 0.6) is 5.75 Å². The Bertz CT molecular complexity index is 749. The molecule has 0 heterocycles. The fraction of sp³-hybridized carbons (Fsp3) is 0.263. The Kier molecular flexibility index (Phi) is 6.51. The lowest BCUT2D eigenvalue weighted by Gasteiger charge is -2.20. The predicted molar refractivity (Wildman–Crippen MR) is 94.1 cm³/mol. The SMILES string of the molecule is COc1ccccc1CCNC(=O)CN(C(C)=O)c1cccc(F)c1. The Labute approximate surface area is 146 Å². The van der Waals surface area contributed by atoms with Crippen molar-refractivity contribution in [2.75, 3.05) is 25.1 Å². The van der Waals surface area contributed by atoms with E-state index in [1.54, 1.807) is 13.2 Å². The van der Waals surface area contributed by atoms with Crippen molar-refractivity contribution in [2.45, 2.75) is 13.3 Å². The molecule has 2 rings (SSSR count). The number of amides is 2. The number of para-hydroxylation sites is 1. The van der Waals surface area contributed by atoms with Gasteiger partial charge in [-0.25, -0.2) is 4.39 Å². The average molecular weight is 344 g/mol. The minimum atomic E-state index is -0.458. The molecule has 6 heteroatoms. The summed E-state index contributed by atoms with van der Waals surface area (Å²) >= 11 is 0. The molecule has 132 valence electrons. The van der Waals surface area contributed by atoms with Crippen LogP contribution in [-0.4, -0.2) is 32.0 Å². The molecule has 5 nitrogen and oxygen atoms in total. The van der Waals surface area contributed by atoms with Gasteiger partial charge in [0.25, 0.3) is 0 Å². The lowest BCUT2D eigenvalue weighted by Crippen LogP contribution is -2.40. The minimum absolute atomic E-state index is 0.162. The van der Waals surface area contributed by atoms with Crippen LogP contribution in [0, 0.1) is 5.82 Å². The molecule has 0 bridgehead atoms. The maximum atomic E-state index is 13.3. The maximum Gasteiger partial charge on any atom is 0.240 e. The van der Waals surface area contributed by atoms with Crippen molar-refractivity contribution < 1.29 is 18.7 Å². The highest BCUT2D eigenvalue weighted by molar-refractivity contribution is 5.97. The number of hydrogen-bond acceptors (Lipinski definition) is 3. The second-order valence-corrected chi connectivity index (χ2v) is 5.50. The summed E-state index contributed by atoms with van der Waals surface area (Å²) in [6.07, 6.45) is 0.607. The lowest BCUT2D eigenvalue weighted by atomic mass is 10.1. The standard InChI is InChI=1S/C19H21FN2O3/c1-14(23)22(17-8-5-7-16(20)12-17)13-19(24)21-11-10-15-6-3-4-9-18(15)25-2/h3-9,12H,10-11,13H2,1-2H3,(H,21,24). The summed E-state index contributed by atoms with van der Waals surface area (Å²) in [6.45, 7) is 1.59. The Balaban J connectivity index is 1.92. The van der Waals surface area contributed by atoms with E-state index in [1.807, 2.05) is 24.3 Å². The third-order valence-corrected chi connectivity index (χ3v) is 3.71. The molecule has 0 aromatic heterocycles. The molecule has 2 aromatic rings. The van der Waals surface area contributed by atoms with E-state index >= 15 is 0 Å². The van der Waals surface area contributed by atoms with Crippen LogP contribution in [-0.2, 0) is 16.0 Å². The minimum Gasteiger partial charge on any atom is -0.496 e. The fourth-order valence-corrected chi connectivity index (χ4v) is 2.47. The molecule has 1 N–H and O–H groups in total. The topological polar surface area (TPSA) is 58.6 Å². The van der Waals surface area contributed by atoms with Crippen molar-refractivity contribution in [3.05, 3.63) is 59.9 Å². The van der Waals surface area contributed by atoms with Gasteiger partial charge in [0.15, 0.2) is 0 Å². The zero-order valence-corrected chi connectivity index (χ0v) is 14.3. The van der Waals surface area contributed by atoms with E-state index in [9.17, 15) is 14.0 Å². The van der Waals surface area contributed by atoms with Gasteiger partial charge < -0.3 is 15.0 Å². The number of methoxy groups -OCH3 is 1. The predicted octanol–water partition coefficient (Wildman–Crippen LogP) is 2.55. The summed E-state index contributed by atoms with van der Waals surface area (Å²) in [5.41, 5.74) is 1.34. The zero-order chi connectivity index (χ0) is 18.2. The highest BCUT2D eigenvalue weighted by atomic mass is 19.1. The van der Waals surface area contributed by atoms with Gasteiger partial charge in [-0.2, -0.15) is 0 Å². The Morgan fingerprint density at radius 2 is 1.92 bits per heavy atom. The van der Waals surface area contributed by atoms with Gasteiger partial charge in [0.2, 0.25) is 11.8 Å². The van der Waals surface area contributed by atoms with Crippen LogP contribution in [0.15, 0.2) is 48.5 Å². The largest absolute Gasteiger partial charge is 0.496 e. The first-order chi connectivity index (χ1) is 12.0. The molecule has 0 atom stereocenters. The summed E-state index contributed by atoms with van der Waals surface area (Å²) in [5.74, 6) is -0.331. The number of carbonyl (C=O) groups is 2. The van der Waals surface area contributed by atoms with Crippen molar-refractivity contribution in [2.24, 2.45) is 0 Å². The van der Waals surface area contributed by atoms with E-state index < -0.39 is 5.82 Å². The van der Waals surface area contributed by atoms with E-state index in [0.29, 0.717) is 18.7 Å². The van der Waals surface area contributed by atoms with E-state index in [4.69, 9.17) is 4.74 Å². The number of carbonyl (C=O) groups excluding carboxylic acids is 2. The van der Waals surface area contributed by atoms with Gasteiger partial charge in [-0.15, -0.1) is 0 Å². The van der Waals surface area contributed by atoms with E-state index in [-0.39, 0.29) is 18.4 Å². The molecule has 0 radical (unpaired) electrons. The quantitative estimate of drug-likeness (QED) is 0.840. The second kappa shape index (κ2) is 8.82. The van der Waals surface area contributed by atoms with Crippen LogP contribution in [0.4, 0.5) is 10.1 Å². The summed E-state index contributed by atoms with van der Waals surface area (Å²) < 4.78 is 18.6. The molecule has 0 aliphatic rings. The van der Waals surface area contributed by atoms with Gasteiger partial charge >= 0.3 is 0 Å². The van der Waals surface area contributed by atoms with Gasteiger partial charge in [0.05, 0.1) is 7.11 Å². The van der Waals surface area contributed by atoms with Crippen LogP contribution in [0.25, 0.3) is 0 Å². The van der Waals surface area contributed by atoms with Crippen molar-refractivity contribution in [3.8, 4) is 5.75 Å². The van der Waals surface area contributed by atoms with Gasteiger partial charge in [-0.1, -0.05) is 24.3 Å². The third-order valence-electron chi connectivity index (χ3n) is 3.71. The van der Waals surface area contributed by atoms with Crippen LogP contribution in [0.2, 0.25) is 0 Å². The van der Waals surface area contributed by atoms with Crippen LogP contribution >= 0.6 is 0 Å². The Hall–Kier alpha value is -2.89. The van der Waals surface area contributed by atoms with E-state index in [2.05, 4.69) is 5.32 Å². The Morgan fingerprint density at radius 1 is 1.16 bits per heavy atom. The van der Waals surface area contributed by atoms with Gasteiger partial charge in [0, 0.05) is 19.2 Å². The smallest absolute Gasteiger partial charge is 0.240 e. The molecule has 25 heavy (non-hydrogen) atoms. The highest BCUT2D eigenvalue weighted by Gasteiger charge is 2.16. The number of anilines is 1. The molecular weight excluding hydrogens is 323 g/mol. The first-order valence-corrected chi connectivity index (χ1v) is 7.93. The van der Waals surface area contributed by atoms with Gasteiger partial charge in [0.1, 0.15) is 18.1 Å². The zero-order valence-electron chi connectivity index (χ0n) is 14.3. The summed E-state index contributed by atoms with van der Waals surface area (Å²) in [7, 11) is 1.60. The summed E-state index contributed by atoms with van der Waals surface area (Å²) in [4.78, 5) is 25.1. The van der Waals surface area contributed by atoms with E-state index in [0.717, 1.165) is 11.3 Å². The number of ether oxygens (including phenoxy) is 1.